The standard InChI is InChI=1S/C11H15.C5H5.2ClH.Zr/c1-8-6-10-4-3-5-11(10)7-9(8)2;1-2-4-5-3-1;;;/h4,6,11H,3,5,7H2,1-2H3;1-3H,4H2;2*1H;/q2*-1;;;+4/p-2. The van der Waals surface area contributed by atoms with Crippen LogP contribution in [0.15, 0.2) is 41.0 Å². The minimum absolute atomic E-state index is 0.826. The molecule has 3 rings (SSSR count). The van der Waals surface area contributed by atoms with Crippen LogP contribution in [0.4, 0.5) is 0 Å². The van der Waals surface area contributed by atoms with E-state index in [1.807, 2.05) is 12.2 Å². The van der Waals surface area contributed by atoms with E-state index in [4.69, 9.17) is 17.0 Å². The van der Waals surface area contributed by atoms with E-state index in [2.05, 4.69) is 38.5 Å². The predicted molar refractivity (Wildman–Crippen MR) is 81.4 cm³/mol. The molecule has 0 spiro atoms. The summed E-state index contributed by atoms with van der Waals surface area (Å²) in [6.45, 7) is 4.49. The number of allylic oxidation sites excluding steroid dienone is 8. The van der Waals surface area contributed by atoms with Gasteiger partial charge in [0.1, 0.15) is 0 Å². The molecule has 0 heterocycles. The van der Waals surface area contributed by atoms with Crippen molar-refractivity contribution in [2.75, 3.05) is 0 Å². The molecule has 1 fully saturated rings. The first-order chi connectivity index (χ1) is 9.19. The molecule has 3 aliphatic rings. The molecule has 1 atom stereocenters. The fraction of sp³-hybridized carbons (Fsp3) is 0.438. The number of hydrogen-bond donors (Lipinski definition) is 0. The van der Waals surface area contributed by atoms with Gasteiger partial charge < -0.3 is 0 Å². The van der Waals surface area contributed by atoms with Gasteiger partial charge in [-0.2, -0.15) is 6.08 Å². The molecule has 19 heavy (non-hydrogen) atoms. The first-order valence-corrected chi connectivity index (χ1v) is 12.9. The second-order valence-electron chi connectivity index (χ2n) is 4.86. The summed E-state index contributed by atoms with van der Waals surface area (Å²) in [5, 5.41) is 0. The molecule has 3 heteroatoms. The quantitative estimate of drug-likeness (QED) is 0.460. The first kappa shape index (κ1) is 17.3. The van der Waals surface area contributed by atoms with Gasteiger partial charge in [0.25, 0.3) is 0 Å². The van der Waals surface area contributed by atoms with Gasteiger partial charge >= 0.3 is 37.9 Å². The van der Waals surface area contributed by atoms with Crippen molar-refractivity contribution in [1.82, 2.24) is 0 Å². The normalized spacial score (nSPS) is 22.3. The van der Waals surface area contributed by atoms with E-state index in [1.165, 1.54) is 24.8 Å². The maximum atomic E-state index is 4.93. The first-order valence-electron chi connectivity index (χ1n) is 6.58. The summed E-state index contributed by atoms with van der Waals surface area (Å²) in [5.74, 6) is 0.874. The van der Waals surface area contributed by atoms with Crippen molar-refractivity contribution in [3.8, 4) is 0 Å². The molecule has 0 aromatic carbocycles. The minimum atomic E-state index is -0.826. The number of rotatable bonds is 0. The Kier molecular flexibility index (Phi) is 9.20. The van der Waals surface area contributed by atoms with Gasteiger partial charge in [0.2, 0.25) is 0 Å². The van der Waals surface area contributed by atoms with Crippen molar-refractivity contribution in [2.45, 2.75) is 39.5 Å². The molecule has 1 saturated carbocycles. The summed E-state index contributed by atoms with van der Waals surface area (Å²) in [6.07, 6.45) is 18.8. The zero-order valence-corrected chi connectivity index (χ0v) is 15.5. The van der Waals surface area contributed by atoms with Crippen LogP contribution in [-0.2, 0) is 20.8 Å². The van der Waals surface area contributed by atoms with Gasteiger partial charge in [-0.15, -0.1) is 18.4 Å². The SMILES string of the molecule is CC1=C(C)CC2CC[CH-]C2=C1.[C-]1=CC=CC1.[Cl][Zr+2][Cl]. The fourth-order valence-electron chi connectivity index (χ4n) is 2.43. The molecule has 0 saturated heterocycles. The van der Waals surface area contributed by atoms with Crippen molar-refractivity contribution in [2.24, 2.45) is 5.92 Å². The summed E-state index contributed by atoms with van der Waals surface area (Å²) in [4.78, 5) is 0. The third kappa shape index (κ3) is 6.52. The van der Waals surface area contributed by atoms with E-state index in [0.717, 1.165) is 12.3 Å². The maximum absolute atomic E-state index is 4.93. The summed E-state index contributed by atoms with van der Waals surface area (Å²) in [5.41, 5.74) is 4.69. The van der Waals surface area contributed by atoms with E-state index in [9.17, 15) is 0 Å². The molecule has 0 bridgehead atoms. The molecule has 3 aliphatic carbocycles. The Hall–Kier alpha value is 0.293. The van der Waals surface area contributed by atoms with Crippen LogP contribution in [0.25, 0.3) is 0 Å². The zero-order chi connectivity index (χ0) is 14.1. The molecular weight excluding hydrogens is 354 g/mol. The average Bonchev–Trinajstić information content (AvgIpc) is 3.04. The third-order valence-electron chi connectivity index (χ3n) is 3.56. The van der Waals surface area contributed by atoms with Gasteiger partial charge in [0, 0.05) is 0 Å². The molecule has 0 nitrogen and oxygen atoms in total. The summed E-state index contributed by atoms with van der Waals surface area (Å²) in [7, 11) is 9.87. The Morgan fingerprint density at radius 3 is 2.63 bits per heavy atom. The Morgan fingerprint density at radius 2 is 2.11 bits per heavy atom. The topological polar surface area (TPSA) is 0 Å². The van der Waals surface area contributed by atoms with Crippen LogP contribution in [0.1, 0.15) is 39.5 Å². The van der Waals surface area contributed by atoms with Crippen LogP contribution < -0.4 is 0 Å². The van der Waals surface area contributed by atoms with Crippen LogP contribution >= 0.6 is 17.0 Å². The van der Waals surface area contributed by atoms with Crippen LogP contribution in [0.5, 0.6) is 0 Å². The molecular formula is C16H20Cl2Zr. The summed E-state index contributed by atoms with van der Waals surface area (Å²) in [6, 6.07) is 0. The van der Waals surface area contributed by atoms with Gasteiger partial charge in [-0.3, -0.25) is 6.08 Å². The van der Waals surface area contributed by atoms with Crippen LogP contribution in [0.2, 0.25) is 0 Å². The number of halogens is 2. The Balaban J connectivity index is 0.000000188. The van der Waals surface area contributed by atoms with Crippen molar-refractivity contribution < 1.29 is 20.8 Å². The molecule has 102 valence electrons. The molecule has 1 unspecified atom stereocenters. The number of hydrogen-bond acceptors (Lipinski definition) is 0. The second-order valence-corrected chi connectivity index (χ2v) is 8.60. The average molecular weight is 374 g/mol. The predicted octanol–water partition coefficient (Wildman–Crippen LogP) is 5.95. The van der Waals surface area contributed by atoms with Crippen molar-refractivity contribution in [3.63, 3.8) is 0 Å². The van der Waals surface area contributed by atoms with Crippen LogP contribution in [0.3, 0.4) is 0 Å². The van der Waals surface area contributed by atoms with Crippen LogP contribution in [0, 0.1) is 18.4 Å². The molecule has 0 radical (unpaired) electrons. The molecule has 0 N–H and O–H groups in total. The molecule has 0 aromatic heterocycles. The molecule has 0 amide bonds. The van der Waals surface area contributed by atoms with E-state index < -0.39 is 20.8 Å². The van der Waals surface area contributed by atoms with E-state index >= 15 is 0 Å². The summed E-state index contributed by atoms with van der Waals surface area (Å²) >= 11 is -0.826. The van der Waals surface area contributed by atoms with Crippen LogP contribution in [-0.4, -0.2) is 0 Å². The van der Waals surface area contributed by atoms with Gasteiger partial charge in [-0.1, -0.05) is 18.9 Å². The second kappa shape index (κ2) is 10.1. The Morgan fingerprint density at radius 1 is 1.37 bits per heavy atom. The third-order valence-corrected chi connectivity index (χ3v) is 3.56. The van der Waals surface area contributed by atoms with Crippen molar-refractivity contribution in [3.05, 3.63) is 53.5 Å². The Bertz CT molecular complexity index is 382. The van der Waals surface area contributed by atoms with Gasteiger partial charge in [0.15, 0.2) is 0 Å². The summed E-state index contributed by atoms with van der Waals surface area (Å²) < 4.78 is 0. The van der Waals surface area contributed by atoms with Gasteiger partial charge in [-0.05, 0) is 19.3 Å². The van der Waals surface area contributed by atoms with E-state index in [-0.39, 0.29) is 0 Å². The Labute approximate surface area is 136 Å². The number of fused-ring (bicyclic) bond motifs is 1. The van der Waals surface area contributed by atoms with E-state index in [1.54, 1.807) is 11.1 Å². The van der Waals surface area contributed by atoms with Gasteiger partial charge in [0.05, 0.1) is 0 Å². The monoisotopic (exact) mass is 372 g/mol. The van der Waals surface area contributed by atoms with Crippen molar-refractivity contribution >= 4 is 17.0 Å². The van der Waals surface area contributed by atoms with Gasteiger partial charge in [-0.25, -0.2) is 30.2 Å². The molecule has 0 aromatic rings. The zero-order valence-electron chi connectivity index (χ0n) is 11.5. The fourth-order valence-corrected chi connectivity index (χ4v) is 2.43. The molecule has 0 aliphatic heterocycles. The van der Waals surface area contributed by atoms with Crippen molar-refractivity contribution in [1.29, 1.82) is 0 Å². The van der Waals surface area contributed by atoms with E-state index in [0.29, 0.717) is 0 Å².